The molecule has 1 N–H and O–H groups in total. The highest BCUT2D eigenvalue weighted by molar-refractivity contribution is 5.86. The van der Waals surface area contributed by atoms with Crippen LogP contribution in [-0.2, 0) is 9.47 Å². The van der Waals surface area contributed by atoms with Gasteiger partial charge in [0.2, 0.25) is 0 Å². The average molecular weight is 277 g/mol. The number of benzene rings is 1. The van der Waals surface area contributed by atoms with Gasteiger partial charge in [0, 0.05) is 25.8 Å². The monoisotopic (exact) mass is 277 g/mol. The lowest BCUT2D eigenvalue weighted by molar-refractivity contribution is 0.0275. The fourth-order valence-electron chi connectivity index (χ4n) is 1.83. The summed E-state index contributed by atoms with van der Waals surface area (Å²) in [6.07, 6.45) is -0.140. The normalized spacial score (nSPS) is 12.3. The van der Waals surface area contributed by atoms with Gasteiger partial charge in [-0.2, -0.15) is 0 Å². The molecule has 1 aromatic heterocycles. The lowest BCUT2D eigenvalue weighted by atomic mass is 10.1. The van der Waals surface area contributed by atoms with E-state index in [1.54, 1.807) is 14.2 Å². The first-order valence-corrected chi connectivity index (χ1v) is 5.97. The predicted octanol–water partition coefficient (Wildman–Crippen LogP) is 2.37. The average Bonchev–Trinajstić information content (AvgIpc) is 2.95. The number of rotatable bonds is 6. The molecular weight excluding hydrogens is 262 g/mol. The molecule has 2 aromatic rings. The number of hydrogen-bond acceptors (Lipinski definition) is 5. The molecule has 1 unspecified atom stereocenters. The predicted molar refractivity (Wildman–Crippen MR) is 70.5 cm³/mol. The molecule has 20 heavy (non-hydrogen) atoms. The maximum absolute atomic E-state index is 10.7. The van der Waals surface area contributed by atoms with Crippen molar-refractivity contribution in [1.29, 1.82) is 0 Å². The maximum atomic E-state index is 10.7. The van der Waals surface area contributed by atoms with Gasteiger partial charge in [0.1, 0.15) is 6.10 Å². The van der Waals surface area contributed by atoms with E-state index in [4.69, 9.17) is 19.1 Å². The molecule has 1 atom stereocenters. The Bertz CT molecular complexity index is 576. The summed E-state index contributed by atoms with van der Waals surface area (Å²) in [6, 6.07) is 8.80. The van der Waals surface area contributed by atoms with Crippen molar-refractivity contribution in [3.8, 4) is 11.3 Å². The van der Waals surface area contributed by atoms with Gasteiger partial charge in [0.15, 0.2) is 11.5 Å². The summed E-state index contributed by atoms with van der Waals surface area (Å²) >= 11 is 0. The fraction of sp³-hybridized carbons (Fsp3) is 0.286. The van der Waals surface area contributed by atoms with E-state index >= 15 is 0 Å². The zero-order chi connectivity index (χ0) is 14.5. The minimum absolute atomic E-state index is 0.113. The van der Waals surface area contributed by atoms with Gasteiger partial charge < -0.3 is 19.1 Å². The zero-order valence-corrected chi connectivity index (χ0v) is 11.2. The number of carbonyl (C=O) groups is 1. The molecule has 0 spiro atoms. The second-order valence-corrected chi connectivity index (χ2v) is 4.18. The Labute approximate surface area is 115 Å². The molecule has 1 aromatic carbocycles. The van der Waals surface area contributed by atoms with Crippen LogP contribution in [0.25, 0.3) is 11.3 Å². The second kappa shape index (κ2) is 6.31. The number of hydrogen-bond donors (Lipinski definition) is 1. The van der Waals surface area contributed by atoms with Crippen molar-refractivity contribution in [2.24, 2.45) is 0 Å². The zero-order valence-electron chi connectivity index (χ0n) is 11.2. The van der Waals surface area contributed by atoms with Crippen molar-refractivity contribution in [3.63, 3.8) is 0 Å². The molecular formula is C14H15NO5. The Kier molecular flexibility index (Phi) is 4.49. The van der Waals surface area contributed by atoms with E-state index in [-0.39, 0.29) is 11.8 Å². The molecule has 0 aliphatic heterocycles. The molecule has 0 aliphatic carbocycles. The molecule has 0 radical (unpaired) electrons. The number of ether oxygens (including phenoxy) is 2. The van der Waals surface area contributed by atoms with Crippen LogP contribution in [0.4, 0.5) is 0 Å². The first kappa shape index (κ1) is 14.2. The Morgan fingerprint density at radius 2 is 2.05 bits per heavy atom. The molecule has 1 heterocycles. The highest BCUT2D eigenvalue weighted by Crippen LogP contribution is 2.24. The molecule has 0 fully saturated rings. The van der Waals surface area contributed by atoms with Gasteiger partial charge in [-0.15, -0.1) is 0 Å². The fourth-order valence-corrected chi connectivity index (χ4v) is 1.83. The van der Waals surface area contributed by atoms with Crippen LogP contribution in [0.2, 0.25) is 0 Å². The summed E-state index contributed by atoms with van der Waals surface area (Å²) in [7, 11) is 3.23. The quantitative estimate of drug-likeness (QED) is 0.873. The van der Waals surface area contributed by atoms with Crippen molar-refractivity contribution in [1.82, 2.24) is 5.16 Å². The molecule has 0 aliphatic rings. The van der Waals surface area contributed by atoms with E-state index in [1.165, 1.54) is 6.07 Å². The van der Waals surface area contributed by atoms with E-state index in [0.717, 1.165) is 11.1 Å². The van der Waals surface area contributed by atoms with Crippen molar-refractivity contribution in [3.05, 3.63) is 41.6 Å². The minimum Gasteiger partial charge on any atom is -0.476 e. The third-order valence-corrected chi connectivity index (χ3v) is 2.90. The maximum Gasteiger partial charge on any atom is 0.358 e. The Balaban J connectivity index is 2.20. The van der Waals surface area contributed by atoms with E-state index in [0.29, 0.717) is 12.4 Å². The van der Waals surface area contributed by atoms with Gasteiger partial charge in [0.05, 0.1) is 6.61 Å². The number of aromatic nitrogens is 1. The van der Waals surface area contributed by atoms with Gasteiger partial charge in [-0.1, -0.05) is 29.4 Å². The van der Waals surface area contributed by atoms with Crippen LogP contribution >= 0.6 is 0 Å². The molecule has 6 nitrogen and oxygen atoms in total. The summed E-state index contributed by atoms with van der Waals surface area (Å²) in [4.78, 5) is 10.7. The number of carboxylic acids is 1. The minimum atomic E-state index is -1.11. The molecule has 6 heteroatoms. The van der Waals surface area contributed by atoms with Gasteiger partial charge in [-0.25, -0.2) is 4.79 Å². The highest BCUT2D eigenvalue weighted by atomic mass is 16.5. The van der Waals surface area contributed by atoms with E-state index in [1.807, 2.05) is 24.3 Å². The van der Waals surface area contributed by atoms with E-state index in [2.05, 4.69) is 5.16 Å². The van der Waals surface area contributed by atoms with Crippen LogP contribution in [0.3, 0.4) is 0 Å². The van der Waals surface area contributed by atoms with Gasteiger partial charge >= 0.3 is 5.97 Å². The van der Waals surface area contributed by atoms with Crippen LogP contribution in [0.15, 0.2) is 34.9 Å². The summed E-state index contributed by atoms with van der Waals surface area (Å²) in [5.41, 5.74) is 1.61. The van der Waals surface area contributed by atoms with Crippen LogP contribution in [0, 0.1) is 0 Å². The first-order valence-electron chi connectivity index (χ1n) is 5.97. The standard InChI is InChI=1S/C14H15NO5/c1-18-8-13(19-2)10-5-3-9(4-6-10)12-7-11(14(16)17)15-20-12/h3-7,13H,8H2,1-2H3,(H,16,17). The summed E-state index contributed by atoms with van der Waals surface area (Å²) in [5.74, 6) is -0.703. The second-order valence-electron chi connectivity index (χ2n) is 4.18. The van der Waals surface area contributed by atoms with E-state index in [9.17, 15) is 4.79 Å². The van der Waals surface area contributed by atoms with Crippen molar-refractivity contribution in [2.45, 2.75) is 6.10 Å². The highest BCUT2D eigenvalue weighted by Gasteiger charge is 2.14. The summed E-state index contributed by atoms with van der Waals surface area (Å²) < 4.78 is 15.4. The smallest absolute Gasteiger partial charge is 0.358 e. The van der Waals surface area contributed by atoms with Crippen molar-refractivity contribution < 1.29 is 23.9 Å². The van der Waals surface area contributed by atoms with Crippen LogP contribution in [0.1, 0.15) is 22.2 Å². The first-order chi connectivity index (χ1) is 9.65. The van der Waals surface area contributed by atoms with Crippen LogP contribution in [-0.4, -0.2) is 37.1 Å². The largest absolute Gasteiger partial charge is 0.476 e. The molecule has 0 amide bonds. The van der Waals surface area contributed by atoms with Gasteiger partial charge in [-0.3, -0.25) is 0 Å². The van der Waals surface area contributed by atoms with Crippen LogP contribution in [0.5, 0.6) is 0 Å². The summed E-state index contributed by atoms with van der Waals surface area (Å²) in [6.45, 7) is 0.460. The number of nitrogens with zero attached hydrogens (tertiary/aromatic N) is 1. The third kappa shape index (κ3) is 3.04. The molecule has 2 rings (SSSR count). The lowest BCUT2D eigenvalue weighted by Gasteiger charge is -2.14. The topological polar surface area (TPSA) is 81.8 Å². The third-order valence-electron chi connectivity index (χ3n) is 2.90. The SMILES string of the molecule is COCC(OC)c1ccc(-c2cc(C(=O)O)no2)cc1. The molecule has 0 saturated heterocycles. The van der Waals surface area contributed by atoms with Crippen LogP contribution < -0.4 is 0 Å². The Morgan fingerprint density at radius 1 is 1.35 bits per heavy atom. The van der Waals surface area contributed by atoms with Gasteiger partial charge in [0.25, 0.3) is 0 Å². The Morgan fingerprint density at radius 3 is 2.55 bits per heavy atom. The lowest BCUT2D eigenvalue weighted by Crippen LogP contribution is -2.08. The van der Waals surface area contributed by atoms with E-state index < -0.39 is 5.97 Å². The van der Waals surface area contributed by atoms with Gasteiger partial charge in [-0.05, 0) is 5.56 Å². The molecule has 0 saturated carbocycles. The molecule has 106 valence electrons. The van der Waals surface area contributed by atoms with Crippen molar-refractivity contribution >= 4 is 5.97 Å². The van der Waals surface area contributed by atoms with Crippen molar-refractivity contribution in [2.75, 3.05) is 20.8 Å². The summed E-state index contributed by atoms with van der Waals surface area (Å²) in [5, 5.41) is 12.3. The molecule has 0 bridgehead atoms. The number of carboxylic acid groups (broad SMARTS) is 1. The Hall–Kier alpha value is -2.18. The number of methoxy groups -OCH3 is 2. The number of aromatic carboxylic acids is 1.